The first kappa shape index (κ1) is 20.9. The van der Waals surface area contributed by atoms with E-state index in [0.29, 0.717) is 34.0 Å². The van der Waals surface area contributed by atoms with Crippen LogP contribution >= 0.6 is 0 Å². The largest absolute Gasteiger partial charge is 0.398 e. The molecule has 0 atom stereocenters. The molecule has 0 bridgehead atoms. The van der Waals surface area contributed by atoms with Crippen LogP contribution in [0.4, 0.5) is 17.2 Å². The Morgan fingerprint density at radius 1 is 1.00 bits per heavy atom. The van der Waals surface area contributed by atoms with Gasteiger partial charge in [-0.3, -0.25) is 0 Å². The number of sulfone groups is 1. The van der Waals surface area contributed by atoms with Crippen LogP contribution in [0.25, 0.3) is 10.8 Å². The molecule has 0 aliphatic carbocycles. The molecule has 2 heterocycles. The van der Waals surface area contributed by atoms with Gasteiger partial charge in [-0.1, -0.05) is 5.92 Å². The first-order valence-corrected chi connectivity index (χ1v) is 11.4. The summed E-state index contributed by atoms with van der Waals surface area (Å²) < 4.78 is 23.3. The van der Waals surface area contributed by atoms with Gasteiger partial charge in [0.1, 0.15) is 11.5 Å². The second-order valence-corrected chi connectivity index (χ2v) is 9.05. The summed E-state index contributed by atoms with van der Waals surface area (Å²) in [6.07, 6.45) is 4.54. The lowest BCUT2D eigenvalue weighted by Crippen LogP contribution is -1.98. The van der Waals surface area contributed by atoms with Crippen LogP contribution in [-0.4, -0.2) is 24.6 Å². The fourth-order valence-corrected chi connectivity index (χ4v) is 3.67. The summed E-state index contributed by atoms with van der Waals surface area (Å²) in [5.74, 6) is 6.64. The number of nitrogen functional groups attached to an aromatic ring is 1. The Labute approximate surface area is 185 Å². The number of fused-ring (bicyclic) bond motifs is 1. The first-order valence-electron chi connectivity index (χ1n) is 9.47. The summed E-state index contributed by atoms with van der Waals surface area (Å²) in [7, 11) is -3.25. The number of nitrogens with one attached hydrogen (secondary N) is 1. The molecule has 2 aromatic heterocycles. The van der Waals surface area contributed by atoms with Crippen molar-refractivity contribution in [3.8, 4) is 17.9 Å². The zero-order valence-electron chi connectivity index (χ0n) is 17.0. The third kappa shape index (κ3) is 4.51. The van der Waals surface area contributed by atoms with Crippen LogP contribution in [0.3, 0.4) is 0 Å². The number of hydrogen-bond donors (Lipinski definition) is 2. The van der Waals surface area contributed by atoms with Crippen LogP contribution in [0.15, 0.2) is 71.9 Å². The zero-order chi connectivity index (χ0) is 22.7. The lowest BCUT2D eigenvalue weighted by atomic mass is 10.1. The van der Waals surface area contributed by atoms with Gasteiger partial charge in [-0.2, -0.15) is 5.26 Å². The molecule has 8 heteroatoms. The highest BCUT2D eigenvalue weighted by molar-refractivity contribution is 7.90. The quantitative estimate of drug-likeness (QED) is 0.369. The van der Waals surface area contributed by atoms with Crippen LogP contribution < -0.4 is 11.1 Å². The number of nitrogens with two attached hydrogens (primary N) is 1. The average Bonchev–Trinajstić information content (AvgIpc) is 2.78. The molecule has 0 amide bonds. The monoisotopic (exact) mass is 439 g/mol. The summed E-state index contributed by atoms with van der Waals surface area (Å²) in [6, 6.07) is 17.1. The predicted molar refractivity (Wildman–Crippen MR) is 124 cm³/mol. The van der Waals surface area contributed by atoms with Crippen LogP contribution in [0.1, 0.15) is 16.8 Å². The number of aromatic nitrogens is 2. The first-order chi connectivity index (χ1) is 15.3. The molecular formula is C24H17N5O2S. The Balaban J connectivity index is 1.67. The smallest absolute Gasteiger partial charge is 0.175 e. The van der Waals surface area contributed by atoms with Gasteiger partial charge in [-0.05, 0) is 60.5 Å². The van der Waals surface area contributed by atoms with Gasteiger partial charge in [0.05, 0.1) is 16.5 Å². The van der Waals surface area contributed by atoms with Gasteiger partial charge in [0.2, 0.25) is 0 Å². The van der Waals surface area contributed by atoms with Crippen LogP contribution in [-0.2, 0) is 9.84 Å². The summed E-state index contributed by atoms with van der Waals surface area (Å²) in [5, 5.41) is 13.8. The molecule has 0 aliphatic rings. The molecule has 32 heavy (non-hydrogen) atoms. The summed E-state index contributed by atoms with van der Waals surface area (Å²) in [6.45, 7) is 0. The molecule has 0 unspecified atom stereocenters. The number of benzene rings is 2. The Bertz CT molecular complexity index is 1540. The summed E-state index contributed by atoms with van der Waals surface area (Å²) in [5.41, 5.74) is 8.76. The van der Waals surface area contributed by atoms with E-state index in [0.717, 1.165) is 10.8 Å². The number of rotatable bonds is 3. The molecule has 0 spiro atoms. The van der Waals surface area contributed by atoms with Crippen LogP contribution in [0.2, 0.25) is 0 Å². The second-order valence-electron chi connectivity index (χ2n) is 7.04. The number of nitriles is 1. The van der Waals surface area contributed by atoms with E-state index < -0.39 is 9.84 Å². The summed E-state index contributed by atoms with van der Waals surface area (Å²) >= 11 is 0. The molecule has 2 aromatic carbocycles. The van der Waals surface area contributed by atoms with Gasteiger partial charge in [-0.25, -0.2) is 18.4 Å². The van der Waals surface area contributed by atoms with E-state index in [9.17, 15) is 8.42 Å². The molecule has 0 saturated heterocycles. The second kappa shape index (κ2) is 8.38. The van der Waals surface area contributed by atoms with Gasteiger partial charge >= 0.3 is 0 Å². The average molecular weight is 440 g/mol. The molecular weight excluding hydrogens is 422 g/mol. The highest BCUT2D eigenvalue weighted by Gasteiger charge is 2.08. The van der Waals surface area contributed by atoms with Crippen molar-refractivity contribution in [2.75, 3.05) is 17.3 Å². The van der Waals surface area contributed by atoms with Gasteiger partial charge in [0.25, 0.3) is 0 Å². The van der Waals surface area contributed by atoms with E-state index in [1.54, 1.807) is 54.9 Å². The number of pyridine rings is 2. The normalized spacial score (nSPS) is 10.8. The van der Waals surface area contributed by atoms with Crippen LogP contribution in [0, 0.1) is 23.2 Å². The lowest BCUT2D eigenvalue weighted by molar-refractivity contribution is 0.602. The predicted octanol–water partition coefficient (Wildman–Crippen LogP) is 3.63. The Morgan fingerprint density at radius 3 is 2.47 bits per heavy atom. The highest BCUT2D eigenvalue weighted by atomic mass is 32.2. The fraction of sp³-hybridized carbons (Fsp3) is 0.0417. The minimum atomic E-state index is -3.25. The van der Waals surface area contributed by atoms with E-state index in [1.807, 2.05) is 18.2 Å². The Kier molecular flexibility index (Phi) is 5.46. The van der Waals surface area contributed by atoms with E-state index in [4.69, 9.17) is 11.0 Å². The van der Waals surface area contributed by atoms with Gasteiger partial charge < -0.3 is 11.1 Å². The fourth-order valence-electron chi connectivity index (χ4n) is 3.04. The highest BCUT2D eigenvalue weighted by Crippen LogP contribution is 2.23. The molecule has 7 nitrogen and oxygen atoms in total. The van der Waals surface area contributed by atoms with Crippen molar-refractivity contribution >= 4 is 37.8 Å². The van der Waals surface area contributed by atoms with Gasteiger partial charge in [0.15, 0.2) is 9.84 Å². The molecule has 156 valence electrons. The molecule has 0 saturated carbocycles. The topological polar surface area (TPSA) is 122 Å². The minimum Gasteiger partial charge on any atom is -0.398 e. The number of nitrogens with zero attached hydrogens (tertiary/aromatic N) is 3. The van der Waals surface area contributed by atoms with Crippen molar-refractivity contribution in [3.63, 3.8) is 0 Å². The maximum Gasteiger partial charge on any atom is 0.175 e. The third-order valence-electron chi connectivity index (χ3n) is 4.70. The van der Waals surface area contributed by atoms with E-state index >= 15 is 0 Å². The van der Waals surface area contributed by atoms with E-state index in [-0.39, 0.29) is 4.90 Å². The van der Waals surface area contributed by atoms with Crippen molar-refractivity contribution < 1.29 is 8.42 Å². The lowest BCUT2D eigenvalue weighted by Gasteiger charge is -2.08. The molecule has 4 aromatic rings. The summed E-state index contributed by atoms with van der Waals surface area (Å²) in [4.78, 5) is 9.04. The zero-order valence-corrected chi connectivity index (χ0v) is 17.8. The number of anilines is 3. The van der Waals surface area contributed by atoms with Gasteiger partial charge in [0, 0.05) is 46.4 Å². The molecule has 3 N–H and O–H groups in total. The molecule has 0 radical (unpaired) electrons. The molecule has 0 fully saturated rings. The third-order valence-corrected chi connectivity index (χ3v) is 5.83. The Morgan fingerprint density at radius 2 is 1.78 bits per heavy atom. The van der Waals surface area contributed by atoms with Crippen molar-refractivity contribution in [3.05, 3.63) is 83.8 Å². The van der Waals surface area contributed by atoms with E-state index in [2.05, 4.69) is 27.1 Å². The van der Waals surface area contributed by atoms with E-state index in [1.165, 1.54) is 6.26 Å². The van der Waals surface area contributed by atoms with Crippen molar-refractivity contribution in [1.82, 2.24) is 9.97 Å². The molecule has 0 aliphatic heterocycles. The number of hydrogen-bond acceptors (Lipinski definition) is 7. The molecule has 4 rings (SSSR count). The Hall–Kier alpha value is -4.40. The minimum absolute atomic E-state index is 0.248. The maximum absolute atomic E-state index is 11.6. The van der Waals surface area contributed by atoms with Gasteiger partial charge in [-0.15, -0.1) is 0 Å². The van der Waals surface area contributed by atoms with Crippen molar-refractivity contribution in [1.29, 1.82) is 5.26 Å². The standard InChI is InChI=1S/C24H17N5O2S/c1-32(30,31)20-7-5-19(6-8-20)29-24-13-21-18(15-28-24)10-11-27-23(21)9-4-17-3-2-16(14-25)12-22(17)26/h2-3,5-8,10-13,15H,26H2,1H3,(H,28,29). The maximum atomic E-state index is 11.6. The van der Waals surface area contributed by atoms with Crippen molar-refractivity contribution in [2.24, 2.45) is 0 Å². The van der Waals surface area contributed by atoms with Crippen molar-refractivity contribution in [2.45, 2.75) is 4.90 Å². The SMILES string of the molecule is CS(=O)(=O)c1ccc(Nc2cc3c(C#Cc4ccc(C#N)cc4N)nccc3cn2)cc1. The van der Waals surface area contributed by atoms with Crippen LogP contribution in [0.5, 0.6) is 0 Å².